The summed E-state index contributed by atoms with van der Waals surface area (Å²) in [5, 5.41) is 0.610. The second-order valence-corrected chi connectivity index (χ2v) is 5.83. The summed E-state index contributed by atoms with van der Waals surface area (Å²) in [6.07, 6.45) is 1.04. The van der Waals surface area contributed by atoms with Gasteiger partial charge in [0.05, 0.1) is 6.04 Å². The van der Waals surface area contributed by atoms with Gasteiger partial charge in [-0.2, -0.15) is 0 Å². The van der Waals surface area contributed by atoms with Crippen LogP contribution in [-0.4, -0.2) is 55.4 Å². The molecule has 0 saturated carbocycles. The number of halogens is 1. The fraction of sp³-hybridized carbons (Fsp3) is 0.562. The van der Waals surface area contributed by atoms with E-state index in [1.807, 2.05) is 33.2 Å². The van der Waals surface area contributed by atoms with Gasteiger partial charge in [0.15, 0.2) is 5.78 Å². The van der Waals surface area contributed by atoms with Gasteiger partial charge in [-0.3, -0.25) is 9.69 Å². The normalized spacial score (nSPS) is 12.9. The molecule has 3 nitrogen and oxygen atoms in total. The molecule has 4 heteroatoms. The highest BCUT2D eigenvalue weighted by Gasteiger charge is 2.21. The van der Waals surface area contributed by atoms with Crippen molar-refractivity contribution in [3.05, 3.63) is 34.9 Å². The van der Waals surface area contributed by atoms with E-state index in [2.05, 4.69) is 16.7 Å². The molecule has 1 atom stereocenters. The van der Waals surface area contributed by atoms with Gasteiger partial charge in [0.25, 0.3) is 0 Å². The van der Waals surface area contributed by atoms with E-state index in [0.717, 1.165) is 26.1 Å². The summed E-state index contributed by atoms with van der Waals surface area (Å²) in [5.41, 5.74) is 0.691. The van der Waals surface area contributed by atoms with Crippen LogP contribution in [0.3, 0.4) is 0 Å². The third-order valence-corrected chi connectivity index (χ3v) is 3.62. The number of hydrogen-bond donors (Lipinski definition) is 0. The minimum Gasteiger partial charge on any atom is -0.308 e. The van der Waals surface area contributed by atoms with Gasteiger partial charge in [0.1, 0.15) is 0 Å². The Morgan fingerprint density at radius 1 is 1.25 bits per heavy atom. The predicted molar refractivity (Wildman–Crippen MR) is 85.7 cm³/mol. The van der Waals surface area contributed by atoms with E-state index in [1.165, 1.54) is 0 Å². The number of rotatable bonds is 8. The van der Waals surface area contributed by atoms with Crippen molar-refractivity contribution in [2.24, 2.45) is 0 Å². The minimum absolute atomic E-state index is 0.117. The van der Waals surface area contributed by atoms with Crippen LogP contribution in [0.4, 0.5) is 0 Å². The Balaban J connectivity index is 2.77. The lowest BCUT2D eigenvalue weighted by atomic mass is 10.0. The van der Waals surface area contributed by atoms with Crippen LogP contribution in [0.2, 0.25) is 5.02 Å². The van der Waals surface area contributed by atoms with E-state index >= 15 is 0 Å². The van der Waals surface area contributed by atoms with Crippen LogP contribution in [0.5, 0.6) is 0 Å². The first-order valence-corrected chi connectivity index (χ1v) is 7.52. The van der Waals surface area contributed by atoms with Gasteiger partial charge in [-0.15, -0.1) is 0 Å². The van der Waals surface area contributed by atoms with Crippen molar-refractivity contribution in [2.75, 3.05) is 33.7 Å². The lowest BCUT2D eigenvalue weighted by Gasteiger charge is -2.29. The first-order valence-electron chi connectivity index (χ1n) is 7.14. The van der Waals surface area contributed by atoms with Crippen LogP contribution >= 0.6 is 11.6 Å². The third-order valence-electron chi connectivity index (χ3n) is 3.38. The van der Waals surface area contributed by atoms with Crippen LogP contribution in [0.1, 0.15) is 30.6 Å². The van der Waals surface area contributed by atoms with Gasteiger partial charge >= 0.3 is 0 Å². The smallest absolute Gasteiger partial charge is 0.179 e. The van der Waals surface area contributed by atoms with E-state index in [-0.39, 0.29) is 11.8 Å². The van der Waals surface area contributed by atoms with Crippen molar-refractivity contribution in [3.63, 3.8) is 0 Å². The van der Waals surface area contributed by atoms with E-state index in [4.69, 9.17) is 11.6 Å². The molecule has 0 saturated heterocycles. The molecule has 1 unspecified atom stereocenters. The number of carbonyl (C=O) groups excluding carboxylic acids is 1. The molecule has 0 heterocycles. The van der Waals surface area contributed by atoms with Gasteiger partial charge in [-0.25, -0.2) is 0 Å². The molecule has 0 bridgehead atoms. The second-order valence-electron chi connectivity index (χ2n) is 5.39. The van der Waals surface area contributed by atoms with Gasteiger partial charge in [-0.05, 0) is 46.1 Å². The van der Waals surface area contributed by atoms with E-state index in [9.17, 15) is 4.79 Å². The maximum atomic E-state index is 12.5. The molecule has 0 N–H and O–H groups in total. The van der Waals surface area contributed by atoms with E-state index in [1.54, 1.807) is 12.1 Å². The SMILES string of the molecule is CCCN(CCN(C)C)C(C)C(=O)c1cccc(Cl)c1. The van der Waals surface area contributed by atoms with Gasteiger partial charge < -0.3 is 4.90 Å². The molecule has 0 aliphatic carbocycles. The monoisotopic (exact) mass is 296 g/mol. The molecule has 0 fully saturated rings. The predicted octanol–water partition coefficient (Wildman–Crippen LogP) is 3.18. The van der Waals surface area contributed by atoms with Crippen molar-refractivity contribution < 1.29 is 4.79 Å². The van der Waals surface area contributed by atoms with Crippen molar-refractivity contribution in [1.82, 2.24) is 9.80 Å². The fourth-order valence-electron chi connectivity index (χ4n) is 2.16. The summed E-state index contributed by atoms with van der Waals surface area (Å²) in [6, 6.07) is 7.08. The molecule has 0 spiro atoms. The molecule has 0 aliphatic rings. The number of carbonyl (C=O) groups is 1. The van der Waals surface area contributed by atoms with Gasteiger partial charge in [0.2, 0.25) is 0 Å². The number of likely N-dealkylation sites (N-methyl/N-ethyl adjacent to an activating group) is 1. The Kier molecular flexibility index (Phi) is 7.20. The summed E-state index contributed by atoms with van der Waals surface area (Å²) in [6.45, 7) is 6.90. The number of ketones is 1. The largest absolute Gasteiger partial charge is 0.308 e. The molecule has 0 aromatic heterocycles. The van der Waals surface area contributed by atoms with Crippen LogP contribution in [0.25, 0.3) is 0 Å². The lowest BCUT2D eigenvalue weighted by Crippen LogP contribution is -2.43. The highest BCUT2D eigenvalue weighted by atomic mass is 35.5. The van der Waals surface area contributed by atoms with Crippen molar-refractivity contribution in [2.45, 2.75) is 26.3 Å². The quantitative estimate of drug-likeness (QED) is 0.688. The summed E-state index contributed by atoms with van der Waals surface area (Å²) >= 11 is 5.96. The van der Waals surface area contributed by atoms with Gasteiger partial charge in [0, 0.05) is 23.7 Å². The van der Waals surface area contributed by atoms with Crippen molar-refractivity contribution >= 4 is 17.4 Å². The number of benzene rings is 1. The summed E-state index contributed by atoms with van der Waals surface area (Å²) in [7, 11) is 4.10. The molecule has 1 aromatic carbocycles. The number of hydrogen-bond acceptors (Lipinski definition) is 3. The maximum Gasteiger partial charge on any atom is 0.179 e. The Bertz CT molecular complexity index is 434. The number of nitrogens with zero attached hydrogens (tertiary/aromatic N) is 2. The molecular formula is C16H25ClN2O. The Morgan fingerprint density at radius 2 is 1.95 bits per heavy atom. The van der Waals surface area contributed by atoms with Crippen LogP contribution in [0, 0.1) is 0 Å². The zero-order chi connectivity index (χ0) is 15.1. The highest BCUT2D eigenvalue weighted by Crippen LogP contribution is 2.15. The average molecular weight is 297 g/mol. The summed E-state index contributed by atoms with van der Waals surface area (Å²) in [4.78, 5) is 16.9. The second kappa shape index (κ2) is 8.40. The molecular weight excluding hydrogens is 272 g/mol. The van der Waals surface area contributed by atoms with E-state index < -0.39 is 0 Å². The Hall–Kier alpha value is -0.900. The Labute approximate surface area is 127 Å². The zero-order valence-corrected chi connectivity index (χ0v) is 13.7. The Morgan fingerprint density at radius 3 is 2.50 bits per heavy atom. The molecule has 0 radical (unpaired) electrons. The van der Waals surface area contributed by atoms with Crippen LogP contribution in [0.15, 0.2) is 24.3 Å². The van der Waals surface area contributed by atoms with E-state index in [0.29, 0.717) is 10.6 Å². The van der Waals surface area contributed by atoms with Gasteiger partial charge in [-0.1, -0.05) is 30.7 Å². The highest BCUT2D eigenvalue weighted by molar-refractivity contribution is 6.31. The van der Waals surface area contributed by atoms with Crippen LogP contribution in [-0.2, 0) is 0 Å². The van der Waals surface area contributed by atoms with Crippen molar-refractivity contribution in [1.29, 1.82) is 0 Å². The molecule has 0 amide bonds. The molecule has 20 heavy (non-hydrogen) atoms. The lowest BCUT2D eigenvalue weighted by molar-refractivity contribution is 0.0828. The minimum atomic E-state index is -0.117. The maximum absolute atomic E-state index is 12.5. The van der Waals surface area contributed by atoms with Crippen LogP contribution < -0.4 is 0 Å². The first-order chi connectivity index (χ1) is 9.45. The molecule has 0 aliphatic heterocycles. The summed E-state index contributed by atoms with van der Waals surface area (Å²) < 4.78 is 0. The average Bonchev–Trinajstić information content (AvgIpc) is 2.41. The molecule has 1 aromatic rings. The topological polar surface area (TPSA) is 23.6 Å². The molecule has 112 valence electrons. The fourth-order valence-corrected chi connectivity index (χ4v) is 2.35. The summed E-state index contributed by atoms with van der Waals surface area (Å²) in [5.74, 6) is 0.139. The first kappa shape index (κ1) is 17.2. The standard InChI is InChI=1S/C16H25ClN2O/c1-5-9-19(11-10-18(3)4)13(2)16(20)14-7-6-8-15(17)12-14/h6-8,12-13H,5,9-11H2,1-4H3. The van der Waals surface area contributed by atoms with Crippen molar-refractivity contribution in [3.8, 4) is 0 Å². The third kappa shape index (κ3) is 5.23. The molecule has 1 rings (SSSR count). The number of Topliss-reactive ketones (excluding diaryl/α,β-unsaturated/α-hetero) is 1. The zero-order valence-electron chi connectivity index (χ0n) is 12.9.